The number of aromatic nitrogens is 2. The van der Waals surface area contributed by atoms with Crippen LogP contribution in [-0.4, -0.2) is 57.8 Å². The normalized spacial score (nSPS) is 42.1. The molecule has 2 saturated heterocycles. The third kappa shape index (κ3) is 2.33. The SMILES string of the molecule is O=C(NCC12CC3CC3C3(CC3C1)C2)c1cccc2nc(C(=O)N3C[C@H]4C[C@@H]3CN4)cn12. The van der Waals surface area contributed by atoms with E-state index in [9.17, 15) is 9.59 Å². The Bertz CT molecular complexity index is 1190. The van der Waals surface area contributed by atoms with Crippen LogP contribution in [0.2, 0.25) is 0 Å². The van der Waals surface area contributed by atoms with Gasteiger partial charge in [-0.25, -0.2) is 4.98 Å². The van der Waals surface area contributed by atoms with Crippen LogP contribution in [0, 0.1) is 28.6 Å². The minimum absolute atomic E-state index is 0.0235. The number of likely N-dealkylation sites (tertiary alicyclic amines) is 1. The number of fused-ring (bicyclic) bond motifs is 5. The molecule has 7 nitrogen and oxygen atoms in total. The molecule has 6 fully saturated rings. The summed E-state index contributed by atoms with van der Waals surface area (Å²) in [5.74, 6) is 2.78. The first kappa shape index (κ1) is 18.1. The molecular weight excluding hydrogens is 402 g/mol. The number of nitrogens with zero attached hydrogens (tertiary/aromatic N) is 3. The van der Waals surface area contributed by atoms with Crippen LogP contribution >= 0.6 is 0 Å². The maximum atomic E-state index is 13.2. The van der Waals surface area contributed by atoms with E-state index in [4.69, 9.17) is 0 Å². The third-order valence-corrected chi connectivity index (χ3v) is 9.90. The molecule has 4 heterocycles. The van der Waals surface area contributed by atoms with Crippen LogP contribution in [0.3, 0.4) is 0 Å². The van der Waals surface area contributed by atoms with Crippen molar-refractivity contribution in [3.8, 4) is 0 Å². The molecule has 2 aromatic rings. The lowest BCUT2D eigenvalue weighted by atomic mass is 9.71. The Balaban J connectivity index is 1.03. The largest absolute Gasteiger partial charge is 0.350 e. The standard InChI is InChI=1S/C25H29N5O2/c31-22(27-13-24-6-14-4-18(14)25(12-24)8-15(25)7-24)20-2-1-3-21-28-19(11-30(20)21)23(32)29-10-16-5-17(29)9-26-16/h1-3,11,14-18,26H,4-10,12-13H2,(H,27,31)/t14?,15?,16-,17-,18?,24?,25?/m1/s1. The van der Waals surface area contributed by atoms with Gasteiger partial charge in [0.1, 0.15) is 17.0 Å². The van der Waals surface area contributed by atoms with Crippen molar-refractivity contribution in [2.24, 2.45) is 28.6 Å². The highest BCUT2D eigenvalue weighted by Crippen LogP contribution is 2.83. The summed E-state index contributed by atoms with van der Waals surface area (Å²) in [5.41, 5.74) is 2.64. The van der Waals surface area contributed by atoms with Crippen LogP contribution in [0.4, 0.5) is 0 Å². The van der Waals surface area contributed by atoms with Gasteiger partial charge in [-0.05, 0) is 79.2 Å². The first-order chi connectivity index (χ1) is 15.5. The summed E-state index contributed by atoms with van der Waals surface area (Å²) in [7, 11) is 0. The first-order valence-electron chi connectivity index (χ1n) is 12.3. The van der Waals surface area contributed by atoms with E-state index in [2.05, 4.69) is 15.6 Å². The number of imidazole rings is 1. The summed E-state index contributed by atoms with van der Waals surface area (Å²) in [6, 6.07) is 6.24. The summed E-state index contributed by atoms with van der Waals surface area (Å²) >= 11 is 0. The summed E-state index contributed by atoms with van der Waals surface area (Å²) in [5, 5.41) is 6.71. The Kier molecular flexibility index (Phi) is 3.24. The summed E-state index contributed by atoms with van der Waals surface area (Å²) in [6.07, 6.45) is 9.60. The zero-order valence-corrected chi connectivity index (χ0v) is 18.2. The number of piperazine rings is 1. The summed E-state index contributed by atoms with van der Waals surface area (Å²) in [4.78, 5) is 32.8. The molecule has 4 bridgehead atoms. The second kappa shape index (κ2) is 5.74. The quantitative estimate of drug-likeness (QED) is 0.777. The van der Waals surface area contributed by atoms with Crippen molar-refractivity contribution in [3.63, 3.8) is 0 Å². The molecule has 6 aliphatic rings. The molecule has 2 N–H and O–H groups in total. The van der Waals surface area contributed by atoms with E-state index >= 15 is 0 Å². The predicted molar refractivity (Wildman–Crippen MR) is 117 cm³/mol. The Morgan fingerprint density at radius 3 is 3.00 bits per heavy atom. The van der Waals surface area contributed by atoms with E-state index in [1.165, 1.54) is 32.1 Å². The van der Waals surface area contributed by atoms with Crippen LogP contribution in [0.1, 0.15) is 59.5 Å². The number of rotatable bonds is 4. The number of carbonyl (C=O) groups excluding carboxylic acids is 2. The molecular formula is C25H29N5O2. The van der Waals surface area contributed by atoms with Crippen LogP contribution in [0.25, 0.3) is 5.65 Å². The predicted octanol–water partition coefficient (Wildman–Crippen LogP) is 2.08. The zero-order valence-electron chi connectivity index (χ0n) is 18.2. The minimum Gasteiger partial charge on any atom is -0.350 e. The lowest BCUT2D eigenvalue weighted by Gasteiger charge is -2.36. The Labute approximate surface area is 186 Å². The van der Waals surface area contributed by atoms with Gasteiger partial charge >= 0.3 is 0 Å². The highest BCUT2D eigenvalue weighted by Gasteiger charge is 2.76. The summed E-state index contributed by atoms with van der Waals surface area (Å²) in [6.45, 7) is 2.40. The Hall–Kier alpha value is -2.41. The van der Waals surface area contributed by atoms with E-state index in [0.717, 1.165) is 43.8 Å². The van der Waals surface area contributed by atoms with Gasteiger partial charge in [-0.15, -0.1) is 0 Å². The number of amides is 2. The second-order valence-electron chi connectivity index (χ2n) is 11.7. The minimum atomic E-state index is -0.0571. The maximum absolute atomic E-state index is 13.2. The smallest absolute Gasteiger partial charge is 0.274 e. The number of pyridine rings is 1. The van der Waals surface area contributed by atoms with Gasteiger partial charge < -0.3 is 15.5 Å². The van der Waals surface area contributed by atoms with Crippen LogP contribution in [0.15, 0.2) is 24.4 Å². The number of carbonyl (C=O) groups is 2. The molecule has 2 amide bonds. The topological polar surface area (TPSA) is 78.7 Å². The van der Waals surface area contributed by atoms with Crippen molar-refractivity contribution >= 4 is 17.5 Å². The van der Waals surface area contributed by atoms with Crippen LogP contribution < -0.4 is 10.6 Å². The van der Waals surface area contributed by atoms with Gasteiger partial charge in [-0.2, -0.15) is 0 Å². The van der Waals surface area contributed by atoms with Gasteiger partial charge in [0, 0.05) is 37.9 Å². The van der Waals surface area contributed by atoms with E-state index in [1.807, 2.05) is 23.1 Å². The van der Waals surface area contributed by atoms with Gasteiger partial charge in [0.25, 0.3) is 11.8 Å². The van der Waals surface area contributed by atoms with Crippen molar-refractivity contribution in [2.45, 2.75) is 50.6 Å². The van der Waals surface area contributed by atoms with E-state index < -0.39 is 0 Å². The van der Waals surface area contributed by atoms with Crippen molar-refractivity contribution in [3.05, 3.63) is 35.8 Å². The summed E-state index contributed by atoms with van der Waals surface area (Å²) < 4.78 is 1.79. The lowest BCUT2D eigenvalue weighted by molar-refractivity contribution is 0.0710. The lowest BCUT2D eigenvalue weighted by Crippen LogP contribution is -2.46. The van der Waals surface area contributed by atoms with E-state index in [-0.39, 0.29) is 17.9 Å². The number of hydrogen-bond donors (Lipinski definition) is 2. The molecule has 5 unspecified atom stereocenters. The van der Waals surface area contributed by atoms with Gasteiger partial charge in [-0.1, -0.05) is 6.07 Å². The molecule has 8 rings (SSSR count). The number of nitrogens with one attached hydrogen (secondary N) is 2. The van der Waals surface area contributed by atoms with Gasteiger partial charge in [0.05, 0.1) is 0 Å². The Morgan fingerprint density at radius 2 is 2.16 bits per heavy atom. The van der Waals surface area contributed by atoms with Crippen molar-refractivity contribution in [1.82, 2.24) is 24.9 Å². The fourth-order valence-corrected chi connectivity index (χ4v) is 8.48. The van der Waals surface area contributed by atoms with E-state index in [0.29, 0.717) is 33.9 Å². The van der Waals surface area contributed by atoms with Crippen molar-refractivity contribution < 1.29 is 9.59 Å². The Morgan fingerprint density at radius 1 is 1.22 bits per heavy atom. The molecule has 166 valence electrons. The highest BCUT2D eigenvalue weighted by molar-refractivity contribution is 5.96. The average molecular weight is 432 g/mol. The molecule has 2 aromatic heterocycles. The fourth-order valence-electron chi connectivity index (χ4n) is 8.48. The molecule has 32 heavy (non-hydrogen) atoms. The van der Waals surface area contributed by atoms with Crippen LogP contribution in [0.5, 0.6) is 0 Å². The number of hydrogen-bond acceptors (Lipinski definition) is 4. The van der Waals surface area contributed by atoms with Crippen molar-refractivity contribution in [2.75, 3.05) is 19.6 Å². The molecule has 0 radical (unpaired) electrons. The zero-order chi connectivity index (χ0) is 21.2. The van der Waals surface area contributed by atoms with Gasteiger partial charge in [0.15, 0.2) is 0 Å². The average Bonchev–Trinajstić information content (AvgIpc) is 3.41. The molecule has 7 atom stereocenters. The second-order valence-corrected chi connectivity index (χ2v) is 11.7. The molecule has 1 spiro atoms. The maximum Gasteiger partial charge on any atom is 0.274 e. The molecule has 4 saturated carbocycles. The molecule has 4 aliphatic carbocycles. The van der Waals surface area contributed by atoms with E-state index in [1.54, 1.807) is 10.6 Å². The van der Waals surface area contributed by atoms with Crippen molar-refractivity contribution in [1.29, 1.82) is 0 Å². The van der Waals surface area contributed by atoms with Gasteiger partial charge in [0.2, 0.25) is 0 Å². The van der Waals surface area contributed by atoms with Gasteiger partial charge in [-0.3, -0.25) is 14.0 Å². The monoisotopic (exact) mass is 431 g/mol. The third-order valence-electron chi connectivity index (χ3n) is 9.90. The first-order valence-corrected chi connectivity index (χ1v) is 12.3. The molecule has 2 aliphatic heterocycles. The highest BCUT2D eigenvalue weighted by atomic mass is 16.2. The van der Waals surface area contributed by atoms with Crippen LogP contribution in [-0.2, 0) is 0 Å². The molecule has 7 heteroatoms. The molecule has 0 aromatic carbocycles. The fraction of sp³-hybridized carbons (Fsp3) is 0.640.